The van der Waals surface area contributed by atoms with Crippen LogP contribution in [0.3, 0.4) is 0 Å². The summed E-state index contributed by atoms with van der Waals surface area (Å²) in [4.78, 5) is 16.0. The smallest absolute Gasteiger partial charge is 0.207 e. The van der Waals surface area contributed by atoms with Gasteiger partial charge >= 0.3 is 0 Å². The summed E-state index contributed by atoms with van der Waals surface area (Å²) in [5, 5.41) is 0. The Labute approximate surface area is 94.0 Å². The van der Waals surface area contributed by atoms with Crippen LogP contribution in [0.5, 0.6) is 0 Å². The number of halogens is 1. The fraction of sp³-hybridized carbons (Fsp3) is 0.200. The molecule has 5 heteroatoms. The first-order valence-corrected chi connectivity index (χ1v) is 5.32. The van der Waals surface area contributed by atoms with Crippen molar-refractivity contribution in [3.05, 3.63) is 34.2 Å². The number of aromatic nitrogens is 2. The largest absolute Gasteiger partial charge is 0.367 e. The fourth-order valence-electron chi connectivity index (χ4n) is 1.77. The number of pyridine rings is 1. The molecule has 0 N–H and O–H groups in total. The van der Waals surface area contributed by atoms with E-state index in [2.05, 4.69) is 20.9 Å². The number of fused-ring (bicyclic) bond motifs is 3. The maximum Gasteiger partial charge on any atom is 0.207 e. The lowest BCUT2D eigenvalue weighted by atomic mass is 10.2. The minimum absolute atomic E-state index is 0.0122. The van der Waals surface area contributed by atoms with Crippen molar-refractivity contribution < 1.29 is 9.53 Å². The molecule has 1 aliphatic rings. The summed E-state index contributed by atoms with van der Waals surface area (Å²) in [5.74, 6) is -0.0122. The van der Waals surface area contributed by atoms with Crippen molar-refractivity contribution in [1.82, 2.24) is 9.38 Å². The summed E-state index contributed by atoms with van der Waals surface area (Å²) in [5.41, 5.74) is 2.16. The van der Waals surface area contributed by atoms with E-state index in [1.807, 2.05) is 22.7 Å². The van der Waals surface area contributed by atoms with Gasteiger partial charge in [-0.1, -0.05) is 0 Å². The molecule has 0 bridgehead atoms. The van der Waals surface area contributed by atoms with E-state index in [-0.39, 0.29) is 12.4 Å². The summed E-state index contributed by atoms with van der Waals surface area (Å²) in [6, 6.07) is 3.77. The summed E-state index contributed by atoms with van der Waals surface area (Å²) < 4.78 is 7.87. The molecule has 2 aromatic rings. The third kappa shape index (κ3) is 1.31. The van der Waals surface area contributed by atoms with Crippen LogP contribution in [0.1, 0.15) is 16.2 Å². The molecule has 0 unspecified atom stereocenters. The molecule has 0 radical (unpaired) electrons. The van der Waals surface area contributed by atoms with Gasteiger partial charge in [-0.25, -0.2) is 4.98 Å². The molecule has 3 heterocycles. The van der Waals surface area contributed by atoms with Crippen LogP contribution >= 0.6 is 15.9 Å². The lowest BCUT2D eigenvalue weighted by Gasteiger charge is -2.10. The van der Waals surface area contributed by atoms with Gasteiger partial charge in [0.1, 0.15) is 17.9 Å². The molecule has 4 nitrogen and oxygen atoms in total. The monoisotopic (exact) mass is 266 g/mol. The van der Waals surface area contributed by atoms with E-state index in [1.54, 1.807) is 0 Å². The third-order valence-electron chi connectivity index (χ3n) is 2.39. The van der Waals surface area contributed by atoms with E-state index in [1.165, 1.54) is 0 Å². The SMILES string of the molecule is O=C1COCc2nc3ccc(Br)cn3c21. The van der Waals surface area contributed by atoms with E-state index in [0.29, 0.717) is 12.3 Å². The number of nitrogens with zero attached hydrogens (tertiary/aromatic N) is 2. The van der Waals surface area contributed by atoms with Gasteiger partial charge in [-0.2, -0.15) is 0 Å². The number of carbonyl (C=O) groups excluding carboxylic acids is 1. The van der Waals surface area contributed by atoms with Crippen molar-refractivity contribution >= 4 is 27.4 Å². The zero-order chi connectivity index (χ0) is 10.4. The standard InChI is InChI=1S/C10H7BrN2O2/c11-6-1-2-9-12-7-4-15-5-8(14)10(7)13(9)3-6/h1-3H,4-5H2. The number of imidazole rings is 1. The van der Waals surface area contributed by atoms with Gasteiger partial charge in [0.25, 0.3) is 0 Å². The number of hydrogen-bond acceptors (Lipinski definition) is 3. The number of ketones is 1. The molecule has 3 rings (SSSR count). The minimum atomic E-state index is -0.0122. The fourth-order valence-corrected chi connectivity index (χ4v) is 2.11. The van der Waals surface area contributed by atoms with E-state index in [9.17, 15) is 4.79 Å². The molecule has 0 atom stereocenters. The predicted molar refractivity (Wildman–Crippen MR) is 56.9 cm³/mol. The molecule has 0 fully saturated rings. The van der Waals surface area contributed by atoms with E-state index in [4.69, 9.17) is 4.74 Å². The highest BCUT2D eigenvalue weighted by Gasteiger charge is 2.23. The Bertz CT molecular complexity index is 562. The highest BCUT2D eigenvalue weighted by atomic mass is 79.9. The van der Waals surface area contributed by atoms with Gasteiger partial charge in [0, 0.05) is 10.7 Å². The Morgan fingerprint density at radius 3 is 3.13 bits per heavy atom. The van der Waals surface area contributed by atoms with E-state index in [0.717, 1.165) is 15.8 Å². The van der Waals surface area contributed by atoms with Crippen LogP contribution in [-0.4, -0.2) is 21.8 Å². The Balaban J connectivity index is 2.38. The van der Waals surface area contributed by atoms with Crippen LogP contribution in [0.4, 0.5) is 0 Å². The quantitative estimate of drug-likeness (QED) is 0.731. The van der Waals surface area contributed by atoms with Crippen molar-refractivity contribution in [3.63, 3.8) is 0 Å². The first kappa shape index (κ1) is 9.06. The molecule has 0 amide bonds. The Kier molecular flexibility index (Phi) is 1.90. The molecule has 76 valence electrons. The van der Waals surface area contributed by atoms with Gasteiger partial charge in [0.15, 0.2) is 0 Å². The minimum Gasteiger partial charge on any atom is -0.367 e. The molecule has 0 spiro atoms. The van der Waals surface area contributed by atoms with E-state index < -0.39 is 0 Å². The second kappa shape index (κ2) is 3.15. The average Bonchev–Trinajstić information content (AvgIpc) is 2.57. The summed E-state index contributed by atoms with van der Waals surface area (Å²) in [6.07, 6.45) is 1.85. The molecule has 15 heavy (non-hydrogen) atoms. The second-order valence-electron chi connectivity index (χ2n) is 3.40. The molecule has 0 saturated heterocycles. The summed E-state index contributed by atoms with van der Waals surface area (Å²) in [6.45, 7) is 0.563. The molecular formula is C10H7BrN2O2. The first-order chi connectivity index (χ1) is 7.25. The highest BCUT2D eigenvalue weighted by molar-refractivity contribution is 9.10. The van der Waals surface area contributed by atoms with Crippen LogP contribution in [-0.2, 0) is 11.3 Å². The topological polar surface area (TPSA) is 43.6 Å². The average molecular weight is 267 g/mol. The molecular weight excluding hydrogens is 260 g/mol. The highest BCUT2D eigenvalue weighted by Crippen LogP contribution is 2.20. The van der Waals surface area contributed by atoms with Crippen molar-refractivity contribution in [2.24, 2.45) is 0 Å². The molecule has 2 aromatic heterocycles. The third-order valence-corrected chi connectivity index (χ3v) is 2.86. The summed E-state index contributed by atoms with van der Waals surface area (Å²) in [7, 11) is 0. The van der Waals surface area contributed by atoms with Crippen LogP contribution in [0.2, 0.25) is 0 Å². The van der Waals surface area contributed by atoms with Crippen molar-refractivity contribution in [2.45, 2.75) is 6.61 Å². The lowest BCUT2D eigenvalue weighted by Crippen LogP contribution is -2.19. The van der Waals surface area contributed by atoms with Crippen molar-refractivity contribution in [2.75, 3.05) is 6.61 Å². The van der Waals surface area contributed by atoms with Gasteiger partial charge in [-0.3, -0.25) is 9.20 Å². The van der Waals surface area contributed by atoms with Gasteiger partial charge in [-0.05, 0) is 28.1 Å². The normalized spacial score (nSPS) is 15.7. The Hall–Kier alpha value is -1.20. The number of rotatable bonds is 0. The number of ether oxygens (including phenoxy) is 1. The van der Waals surface area contributed by atoms with Crippen molar-refractivity contribution in [1.29, 1.82) is 0 Å². The van der Waals surface area contributed by atoms with Gasteiger partial charge in [0.05, 0.1) is 12.3 Å². The van der Waals surface area contributed by atoms with Crippen LogP contribution in [0, 0.1) is 0 Å². The first-order valence-electron chi connectivity index (χ1n) is 4.53. The number of Topliss-reactive ketones (excluding diaryl/α,β-unsaturated/α-hetero) is 1. The Morgan fingerprint density at radius 1 is 1.40 bits per heavy atom. The molecule has 0 aliphatic carbocycles. The molecule has 0 saturated carbocycles. The predicted octanol–water partition coefficient (Wildman–Crippen LogP) is 1.81. The maximum absolute atomic E-state index is 11.7. The van der Waals surface area contributed by atoms with Crippen LogP contribution in [0.15, 0.2) is 22.8 Å². The zero-order valence-electron chi connectivity index (χ0n) is 7.74. The van der Waals surface area contributed by atoms with E-state index >= 15 is 0 Å². The molecule has 1 aliphatic heterocycles. The second-order valence-corrected chi connectivity index (χ2v) is 4.31. The lowest BCUT2D eigenvalue weighted by molar-refractivity contribution is 0.0650. The molecule has 0 aromatic carbocycles. The van der Waals surface area contributed by atoms with Crippen molar-refractivity contribution in [3.8, 4) is 0 Å². The summed E-state index contributed by atoms with van der Waals surface area (Å²) >= 11 is 3.37. The number of carbonyl (C=O) groups is 1. The van der Waals surface area contributed by atoms with Crippen LogP contribution in [0.25, 0.3) is 5.65 Å². The Morgan fingerprint density at radius 2 is 2.27 bits per heavy atom. The maximum atomic E-state index is 11.7. The van der Waals surface area contributed by atoms with Gasteiger partial charge < -0.3 is 4.74 Å². The van der Waals surface area contributed by atoms with Gasteiger partial charge in [0.2, 0.25) is 5.78 Å². The van der Waals surface area contributed by atoms with Gasteiger partial charge in [-0.15, -0.1) is 0 Å². The number of hydrogen-bond donors (Lipinski definition) is 0. The zero-order valence-corrected chi connectivity index (χ0v) is 9.32. The van der Waals surface area contributed by atoms with Crippen LogP contribution < -0.4 is 0 Å².